The molecule has 0 saturated heterocycles. The standard InChI is InChI=1S/C13H15BrFN5/c1-7(2)13-18-11(6-12(19-13)20-16)17-10-5-8(15)3-4-9(10)14/h3-7H,16H2,1-2H3,(H2,17,18,19,20). The molecule has 106 valence electrons. The second-order valence-corrected chi connectivity index (χ2v) is 5.40. The van der Waals surface area contributed by atoms with E-state index in [2.05, 4.69) is 36.6 Å². The molecule has 0 aliphatic rings. The average molecular weight is 340 g/mol. The third-order valence-corrected chi connectivity index (χ3v) is 3.29. The van der Waals surface area contributed by atoms with Gasteiger partial charge in [-0.25, -0.2) is 20.2 Å². The summed E-state index contributed by atoms with van der Waals surface area (Å²) in [6, 6.07) is 6.05. The SMILES string of the molecule is CC(C)c1nc(NN)cc(Nc2cc(F)ccc2Br)n1. The Morgan fingerprint density at radius 3 is 2.55 bits per heavy atom. The normalized spacial score (nSPS) is 10.7. The molecule has 7 heteroatoms. The highest BCUT2D eigenvalue weighted by molar-refractivity contribution is 9.10. The molecule has 0 saturated carbocycles. The third-order valence-electron chi connectivity index (χ3n) is 2.60. The molecule has 0 unspecified atom stereocenters. The van der Waals surface area contributed by atoms with E-state index in [1.165, 1.54) is 12.1 Å². The topological polar surface area (TPSA) is 75.9 Å². The molecule has 1 heterocycles. The van der Waals surface area contributed by atoms with Crippen molar-refractivity contribution in [2.75, 3.05) is 10.7 Å². The number of anilines is 3. The maximum atomic E-state index is 13.3. The maximum absolute atomic E-state index is 13.3. The summed E-state index contributed by atoms with van der Waals surface area (Å²) >= 11 is 3.36. The Labute approximate surface area is 124 Å². The molecule has 20 heavy (non-hydrogen) atoms. The fraction of sp³-hybridized carbons (Fsp3) is 0.231. The van der Waals surface area contributed by atoms with Gasteiger partial charge >= 0.3 is 0 Å². The molecule has 0 spiro atoms. The monoisotopic (exact) mass is 339 g/mol. The van der Waals surface area contributed by atoms with Gasteiger partial charge in [-0.3, -0.25) is 0 Å². The Bertz CT molecular complexity index is 618. The molecule has 1 aromatic carbocycles. The van der Waals surface area contributed by atoms with Crippen LogP contribution in [0, 0.1) is 5.82 Å². The van der Waals surface area contributed by atoms with Gasteiger partial charge in [-0.2, -0.15) is 0 Å². The van der Waals surface area contributed by atoms with Gasteiger partial charge in [0.1, 0.15) is 23.3 Å². The van der Waals surface area contributed by atoms with Crippen LogP contribution in [0.4, 0.5) is 21.7 Å². The molecule has 5 nitrogen and oxygen atoms in total. The fourth-order valence-corrected chi connectivity index (χ4v) is 1.94. The van der Waals surface area contributed by atoms with E-state index in [-0.39, 0.29) is 11.7 Å². The van der Waals surface area contributed by atoms with Crippen LogP contribution >= 0.6 is 15.9 Å². The van der Waals surface area contributed by atoms with Crippen molar-refractivity contribution in [1.29, 1.82) is 0 Å². The minimum absolute atomic E-state index is 0.153. The first-order valence-corrected chi connectivity index (χ1v) is 6.86. The lowest BCUT2D eigenvalue weighted by Crippen LogP contribution is -2.12. The highest BCUT2D eigenvalue weighted by atomic mass is 79.9. The number of nitrogens with one attached hydrogen (secondary N) is 2. The van der Waals surface area contributed by atoms with Crippen molar-refractivity contribution < 1.29 is 4.39 Å². The average Bonchev–Trinajstić information content (AvgIpc) is 2.42. The number of nitrogens with zero attached hydrogens (tertiary/aromatic N) is 2. The van der Waals surface area contributed by atoms with Crippen LogP contribution in [0.2, 0.25) is 0 Å². The maximum Gasteiger partial charge on any atom is 0.145 e. The van der Waals surface area contributed by atoms with Crippen LogP contribution < -0.4 is 16.6 Å². The van der Waals surface area contributed by atoms with Crippen molar-refractivity contribution in [3.8, 4) is 0 Å². The number of rotatable bonds is 4. The molecule has 2 aromatic rings. The quantitative estimate of drug-likeness (QED) is 0.586. The zero-order valence-corrected chi connectivity index (χ0v) is 12.7. The molecule has 0 fully saturated rings. The molecular formula is C13H15BrFN5. The molecule has 4 N–H and O–H groups in total. The first kappa shape index (κ1) is 14.7. The summed E-state index contributed by atoms with van der Waals surface area (Å²) in [5, 5.41) is 3.05. The van der Waals surface area contributed by atoms with E-state index in [0.717, 1.165) is 4.47 Å². The molecule has 0 radical (unpaired) electrons. The van der Waals surface area contributed by atoms with Gasteiger partial charge in [0, 0.05) is 16.5 Å². The van der Waals surface area contributed by atoms with E-state index >= 15 is 0 Å². The van der Waals surface area contributed by atoms with Crippen molar-refractivity contribution in [1.82, 2.24) is 9.97 Å². The van der Waals surface area contributed by atoms with Crippen molar-refractivity contribution in [3.63, 3.8) is 0 Å². The predicted octanol–water partition coefficient (Wildman–Crippen LogP) is 3.53. The lowest BCUT2D eigenvalue weighted by molar-refractivity contribution is 0.628. The molecule has 0 amide bonds. The number of hydrogen-bond donors (Lipinski definition) is 3. The van der Waals surface area contributed by atoms with Gasteiger partial charge in [0.25, 0.3) is 0 Å². The second kappa shape index (κ2) is 6.15. The first-order chi connectivity index (χ1) is 9.49. The number of benzene rings is 1. The highest BCUT2D eigenvalue weighted by Gasteiger charge is 2.09. The van der Waals surface area contributed by atoms with Crippen LogP contribution in [0.3, 0.4) is 0 Å². The molecule has 0 atom stereocenters. The zero-order valence-electron chi connectivity index (χ0n) is 11.1. The lowest BCUT2D eigenvalue weighted by atomic mass is 10.2. The summed E-state index contributed by atoms with van der Waals surface area (Å²) in [4.78, 5) is 8.65. The molecule has 0 bridgehead atoms. The van der Waals surface area contributed by atoms with Gasteiger partial charge in [-0.05, 0) is 34.1 Å². The van der Waals surface area contributed by atoms with E-state index < -0.39 is 0 Å². The molecule has 0 aliphatic carbocycles. The number of halogens is 2. The van der Waals surface area contributed by atoms with Crippen LogP contribution in [0.1, 0.15) is 25.6 Å². The minimum Gasteiger partial charge on any atom is -0.339 e. The zero-order chi connectivity index (χ0) is 14.7. The van der Waals surface area contributed by atoms with Crippen molar-refractivity contribution in [2.45, 2.75) is 19.8 Å². The van der Waals surface area contributed by atoms with Gasteiger partial charge in [-0.1, -0.05) is 13.8 Å². The van der Waals surface area contributed by atoms with E-state index in [4.69, 9.17) is 5.84 Å². The highest BCUT2D eigenvalue weighted by Crippen LogP contribution is 2.27. The van der Waals surface area contributed by atoms with E-state index in [9.17, 15) is 4.39 Å². The Hall–Kier alpha value is -1.73. The van der Waals surface area contributed by atoms with Crippen LogP contribution in [0.25, 0.3) is 0 Å². The summed E-state index contributed by atoms with van der Waals surface area (Å²) < 4.78 is 14.0. The van der Waals surface area contributed by atoms with E-state index in [1.807, 2.05) is 13.8 Å². The number of nitrogen functional groups attached to an aromatic ring is 1. The van der Waals surface area contributed by atoms with Crippen LogP contribution in [-0.2, 0) is 0 Å². The summed E-state index contributed by atoms with van der Waals surface area (Å²) in [7, 11) is 0. The van der Waals surface area contributed by atoms with Crippen LogP contribution in [0.5, 0.6) is 0 Å². The largest absolute Gasteiger partial charge is 0.339 e. The van der Waals surface area contributed by atoms with Gasteiger partial charge in [0.05, 0.1) is 5.69 Å². The van der Waals surface area contributed by atoms with Crippen LogP contribution in [0.15, 0.2) is 28.7 Å². The molecule has 0 aliphatic heterocycles. The summed E-state index contributed by atoms with van der Waals surface area (Å²) in [6.45, 7) is 3.97. The predicted molar refractivity (Wildman–Crippen MR) is 81.3 cm³/mol. The summed E-state index contributed by atoms with van der Waals surface area (Å²) in [5.41, 5.74) is 3.08. The number of hydrazine groups is 1. The van der Waals surface area contributed by atoms with Gasteiger partial charge in [-0.15, -0.1) is 0 Å². The molecular weight excluding hydrogens is 325 g/mol. The van der Waals surface area contributed by atoms with E-state index in [1.54, 1.807) is 12.1 Å². The Balaban J connectivity index is 2.37. The molecule has 1 aromatic heterocycles. The minimum atomic E-state index is -0.328. The summed E-state index contributed by atoms with van der Waals surface area (Å²) in [5.74, 6) is 6.91. The van der Waals surface area contributed by atoms with Crippen molar-refractivity contribution in [3.05, 3.63) is 40.4 Å². The Morgan fingerprint density at radius 2 is 1.90 bits per heavy atom. The Morgan fingerprint density at radius 1 is 1.20 bits per heavy atom. The van der Waals surface area contributed by atoms with Crippen molar-refractivity contribution >= 4 is 33.3 Å². The Kier molecular flexibility index (Phi) is 4.51. The smallest absolute Gasteiger partial charge is 0.145 e. The van der Waals surface area contributed by atoms with E-state index in [0.29, 0.717) is 23.1 Å². The van der Waals surface area contributed by atoms with Gasteiger partial charge in [0.15, 0.2) is 0 Å². The summed E-state index contributed by atoms with van der Waals surface area (Å²) in [6.07, 6.45) is 0. The van der Waals surface area contributed by atoms with Crippen LogP contribution in [-0.4, -0.2) is 9.97 Å². The third kappa shape index (κ3) is 3.43. The van der Waals surface area contributed by atoms with Gasteiger partial charge < -0.3 is 10.7 Å². The second-order valence-electron chi connectivity index (χ2n) is 4.54. The number of nitrogens with two attached hydrogens (primary N) is 1. The lowest BCUT2D eigenvalue weighted by Gasteiger charge is -2.12. The van der Waals surface area contributed by atoms with Gasteiger partial charge in [0.2, 0.25) is 0 Å². The number of aromatic nitrogens is 2. The first-order valence-electron chi connectivity index (χ1n) is 6.07. The number of hydrogen-bond acceptors (Lipinski definition) is 5. The van der Waals surface area contributed by atoms with Crippen molar-refractivity contribution in [2.24, 2.45) is 5.84 Å². The fourth-order valence-electron chi connectivity index (χ4n) is 1.59. The molecule has 2 rings (SSSR count).